The molecule has 146 valence electrons. The van der Waals surface area contributed by atoms with Crippen molar-refractivity contribution in [2.45, 2.75) is 25.7 Å². The molecule has 5 nitrogen and oxygen atoms in total. The van der Waals surface area contributed by atoms with E-state index < -0.39 is 0 Å². The van der Waals surface area contributed by atoms with Crippen LogP contribution in [0.3, 0.4) is 0 Å². The minimum Gasteiger partial charge on any atom is -0.367 e. The molecule has 3 N–H and O–H groups in total. The first-order valence-corrected chi connectivity index (χ1v) is 10.3. The van der Waals surface area contributed by atoms with Crippen molar-refractivity contribution in [3.05, 3.63) is 70.5 Å². The summed E-state index contributed by atoms with van der Waals surface area (Å²) in [5.74, 6) is -0.106. The SMILES string of the molecule is O=C(NCNc1c2c(nc3cc(Cl)ccc13)CCCC2)c1c[nH]c2ccccc12. The summed E-state index contributed by atoms with van der Waals surface area (Å²) < 4.78 is 0. The number of halogens is 1. The van der Waals surface area contributed by atoms with Gasteiger partial charge < -0.3 is 15.6 Å². The van der Waals surface area contributed by atoms with E-state index in [1.54, 1.807) is 6.20 Å². The molecule has 0 saturated carbocycles. The second-order valence-electron chi connectivity index (χ2n) is 7.39. The molecular weight excluding hydrogens is 384 g/mol. The van der Waals surface area contributed by atoms with Crippen LogP contribution in [0.2, 0.25) is 5.02 Å². The number of carbonyl (C=O) groups excluding carboxylic acids is 1. The quantitative estimate of drug-likeness (QED) is 0.417. The van der Waals surface area contributed by atoms with Gasteiger partial charge in [-0.15, -0.1) is 0 Å². The maximum Gasteiger partial charge on any atom is 0.254 e. The predicted octanol–water partition coefficient (Wildman–Crippen LogP) is 5.05. The van der Waals surface area contributed by atoms with Crippen molar-refractivity contribution in [2.75, 3.05) is 12.0 Å². The zero-order valence-electron chi connectivity index (χ0n) is 15.9. The zero-order chi connectivity index (χ0) is 19.8. The number of amides is 1. The van der Waals surface area contributed by atoms with Crippen molar-refractivity contribution in [1.29, 1.82) is 0 Å². The van der Waals surface area contributed by atoms with Crippen molar-refractivity contribution in [3.63, 3.8) is 0 Å². The van der Waals surface area contributed by atoms with Crippen molar-refractivity contribution < 1.29 is 4.79 Å². The van der Waals surface area contributed by atoms with Gasteiger partial charge in [-0.05, 0) is 55.5 Å². The van der Waals surface area contributed by atoms with E-state index in [0.29, 0.717) is 17.3 Å². The number of aromatic amines is 1. The molecule has 0 unspecified atom stereocenters. The van der Waals surface area contributed by atoms with Gasteiger partial charge in [0.2, 0.25) is 0 Å². The number of carbonyl (C=O) groups is 1. The van der Waals surface area contributed by atoms with Gasteiger partial charge in [-0.25, -0.2) is 0 Å². The Labute approximate surface area is 173 Å². The van der Waals surface area contributed by atoms with Crippen molar-refractivity contribution in [2.24, 2.45) is 0 Å². The molecule has 2 aromatic carbocycles. The number of anilines is 1. The van der Waals surface area contributed by atoms with Crippen LogP contribution in [0, 0.1) is 0 Å². The third kappa shape index (κ3) is 3.32. The Hall–Kier alpha value is -3.05. The Bertz CT molecular complexity index is 1230. The number of fused-ring (bicyclic) bond motifs is 3. The lowest BCUT2D eigenvalue weighted by Crippen LogP contribution is -2.29. The Morgan fingerprint density at radius 3 is 2.90 bits per heavy atom. The molecule has 0 radical (unpaired) electrons. The van der Waals surface area contributed by atoms with Gasteiger partial charge in [0.25, 0.3) is 5.91 Å². The number of pyridine rings is 1. The van der Waals surface area contributed by atoms with Crippen molar-refractivity contribution in [3.8, 4) is 0 Å². The number of H-pyrrole nitrogens is 1. The van der Waals surface area contributed by atoms with Crippen LogP contribution in [-0.2, 0) is 12.8 Å². The lowest BCUT2D eigenvalue weighted by atomic mass is 9.93. The average Bonchev–Trinajstić information content (AvgIpc) is 3.17. The van der Waals surface area contributed by atoms with E-state index in [9.17, 15) is 4.79 Å². The highest BCUT2D eigenvalue weighted by Gasteiger charge is 2.18. The van der Waals surface area contributed by atoms with Crippen LogP contribution in [0.4, 0.5) is 5.69 Å². The van der Waals surface area contributed by atoms with E-state index in [0.717, 1.165) is 58.9 Å². The third-order valence-electron chi connectivity index (χ3n) is 5.57. The van der Waals surface area contributed by atoms with E-state index in [4.69, 9.17) is 16.6 Å². The fourth-order valence-electron chi connectivity index (χ4n) is 4.17. The van der Waals surface area contributed by atoms with E-state index in [-0.39, 0.29) is 5.91 Å². The minimum atomic E-state index is -0.106. The number of aromatic nitrogens is 2. The van der Waals surface area contributed by atoms with Crippen LogP contribution in [0.15, 0.2) is 48.7 Å². The molecule has 0 aliphatic heterocycles. The molecule has 0 fully saturated rings. The first-order valence-electron chi connectivity index (χ1n) is 9.90. The summed E-state index contributed by atoms with van der Waals surface area (Å²) in [6.45, 7) is 0.340. The molecule has 0 saturated heterocycles. The number of nitrogens with one attached hydrogen (secondary N) is 3. The van der Waals surface area contributed by atoms with Crippen LogP contribution in [-0.4, -0.2) is 22.5 Å². The summed E-state index contributed by atoms with van der Waals surface area (Å²) in [6, 6.07) is 13.6. The van der Waals surface area contributed by atoms with E-state index in [2.05, 4.69) is 15.6 Å². The molecule has 5 rings (SSSR count). The number of aryl methyl sites for hydroxylation is 1. The molecular formula is C23H21ClN4O. The standard InChI is InChI=1S/C23H21ClN4O/c24-14-9-10-17-21(11-14)28-20-8-4-2-6-16(20)22(17)26-13-27-23(29)18-12-25-19-7-3-1-5-15(18)19/h1,3,5,7,9-12,25H,2,4,6,8,13H2,(H,26,28)(H,27,29). The van der Waals surface area contributed by atoms with Gasteiger partial charge in [-0.1, -0.05) is 29.8 Å². The van der Waals surface area contributed by atoms with Gasteiger partial charge >= 0.3 is 0 Å². The number of hydrogen-bond acceptors (Lipinski definition) is 3. The topological polar surface area (TPSA) is 69.8 Å². The fourth-order valence-corrected chi connectivity index (χ4v) is 4.33. The Morgan fingerprint density at radius 1 is 1.10 bits per heavy atom. The largest absolute Gasteiger partial charge is 0.367 e. The summed E-state index contributed by atoms with van der Waals surface area (Å²) in [5, 5.41) is 9.08. The van der Waals surface area contributed by atoms with E-state index in [1.165, 1.54) is 5.56 Å². The Morgan fingerprint density at radius 2 is 1.97 bits per heavy atom. The maximum absolute atomic E-state index is 12.7. The van der Waals surface area contributed by atoms with Crippen molar-refractivity contribution in [1.82, 2.24) is 15.3 Å². The van der Waals surface area contributed by atoms with Gasteiger partial charge in [0.15, 0.2) is 0 Å². The molecule has 2 aromatic heterocycles. The number of nitrogens with zero attached hydrogens (tertiary/aromatic N) is 1. The Balaban J connectivity index is 1.41. The molecule has 6 heteroatoms. The van der Waals surface area contributed by atoms with Crippen molar-refractivity contribution >= 4 is 45.0 Å². The monoisotopic (exact) mass is 404 g/mol. The summed E-state index contributed by atoms with van der Waals surface area (Å²) in [7, 11) is 0. The highest BCUT2D eigenvalue weighted by Crippen LogP contribution is 2.34. The van der Waals surface area contributed by atoms with Crippen LogP contribution in [0.5, 0.6) is 0 Å². The molecule has 1 aliphatic carbocycles. The first kappa shape index (κ1) is 18.0. The Kier molecular flexibility index (Phi) is 4.60. The number of hydrogen-bond donors (Lipinski definition) is 3. The van der Waals surface area contributed by atoms with Gasteiger partial charge in [0.05, 0.1) is 17.7 Å². The zero-order valence-corrected chi connectivity index (χ0v) is 16.6. The number of benzene rings is 2. The molecule has 29 heavy (non-hydrogen) atoms. The fraction of sp³-hybridized carbons (Fsp3) is 0.217. The molecule has 0 atom stereocenters. The van der Waals surface area contributed by atoms with Crippen LogP contribution in [0.25, 0.3) is 21.8 Å². The molecule has 1 aliphatic rings. The van der Waals surface area contributed by atoms with Crippen LogP contribution >= 0.6 is 11.6 Å². The summed E-state index contributed by atoms with van der Waals surface area (Å²) in [6.07, 6.45) is 6.05. The second-order valence-corrected chi connectivity index (χ2v) is 7.82. The molecule has 2 heterocycles. The van der Waals surface area contributed by atoms with Crippen LogP contribution < -0.4 is 10.6 Å². The number of rotatable bonds is 4. The predicted molar refractivity (Wildman–Crippen MR) is 118 cm³/mol. The molecule has 0 spiro atoms. The molecule has 4 aromatic rings. The second kappa shape index (κ2) is 7.41. The summed E-state index contributed by atoms with van der Waals surface area (Å²) >= 11 is 6.18. The van der Waals surface area contributed by atoms with Gasteiger partial charge in [-0.2, -0.15) is 0 Å². The maximum atomic E-state index is 12.7. The third-order valence-corrected chi connectivity index (χ3v) is 5.81. The molecule has 1 amide bonds. The van der Waals surface area contributed by atoms with Crippen LogP contribution in [0.1, 0.15) is 34.5 Å². The lowest BCUT2D eigenvalue weighted by molar-refractivity contribution is 0.0958. The van der Waals surface area contributed by atoms with E-state index in [1.807, 2.05) is 42.5 Å². The molecule has 0 bridgehead atoms. The van der Waals surface area contributed by atoms with Gasteiger partial charge in [0, 0.05) is 38.9 Å². The van der Waals surface area contributed by atoms with Gasteiger partial charge in [-0.3, -0.25) is 9.78 Å². The van der Waals surface area contributed by atoms with Gasteiger partial charge in [0.1, 0.15) is 0 Å². The number of para-hydroxylation sites is 1. The highest BCUT2D eigenvalue weighted by molar-refractivity contribution is 6.31. The average molecular weight is 405 g/mol. The van der Waals surface area contributed by atoms with E-state index >= 15 is 0 Å². The first-order chi connectivity index (χ1) is 14.2. The summed E-state index contributed by atoms with van der Waals surface area (Å²) in [4.78, 5) is 20.7. The lowest BCUT2D eigenvalue weighted by Gasteiger charge is -2.22. The summed E-state index contributed by atoms with van der Waals surface area (Å²) in [5.41, 5.74) is 5.94. The smallest absolute Gasteiger partial charge is 0.254 e. The highest BCUT2D eigenvalue weighted by atomic mass is 35.5. The normalized spacial score (nSPS) is 13.4. The minimum absolute atomic E-state index is 0.106.